The van der Waals surface area contributed by atoms with Crippen molar-refractivity contribution in [1.82, 2.24) is 15.2 Å². The Morgan fingerprint density at radius 2 is 2.00 bits per heavy atom. The molecule has 0 unspecified atom stereocenters. The van der Waals surface area contributed by atoms with Crippen LogP contribution < -0.4 is 11.1 Å². The predicted octanol–water partition coefficient (Wildman–Crippen LogP) is 2.14. The summed E-state index contributed by atoms with van der Waals surface area (Å²) in [4.78, 5) is 25.8. The fourth-order valence-electron chi connectivity index (χ4n) is 2.87. The highest BCUT2D eigenvalue weighted by molar-refractivity contribution is 6.04. The first-order valence-corrected chi connectivity index (χ1v) is 7.48. The third-order valence-corrected chi connectivity index (χ3v) is 4.10. The normalized spacial score (nSPS) is 15.6. The highest BCUT2D eigenvalue weighted by Gasteiger charge is 2.19. The molecule has 3 rings (SSSR count). The van der Waals surface area contributed by atoms with Crippen LogP contribution in [0.25, 0.3) is 0 Å². The number of carbonyl (C=O) groups excluding carboxylic acids is 2. The van der Waals surface area contributed by atoms with E-state index in [4.69, 9.17) is 5.73 Å². The summed E-state index contributed by atoms with van der Waals surface area (Å²) >= 11 is 0. The molecule has 22 heavy (non-hydrogen) atoms. The van der Waals surface area contributed by atoms with Gasteiger partial charge in [-0.25, -0.2) is 0 Å². The third kappa shape index (κ3) is 3.03. The Labute approximate surface area is 127 Å². The van der Waals surface area contributed by atoms with Gasteiger partial charge in [0.25, 0.3) is 5.91 Å². The van der Waals surface area contributed by atoms with Crippen LogP contribution in [0.4, 0.5) is 5.82 Å². The van der Waals surface area contributed by atoms with Gasteiger partial charge in [-0.2, -0.15) is 5.10 Å². The lowest BCUT2D eigenvalue weighted by atomic mass is 9.87. The second-order valence-corrected chi connectivity index (χ2v) is 5.66. The Morgan fingerprint density at radius 3 is 2.68 bits per heavy atom. The molecule has 0 radical (unpaired) electrons. The van der Waals surface area contributed by atoms with Crippen molar-refractivity contribution < 1.29 is 9.59 Å². The van der Waals surface area contributed by atoms with E-state index in [9.17, 15) is 9.59 Å². The SMILES string of the molecule is NC(=O)c1c[nH]c(C(=O)Nc2cc(C3CCCCC3)[nH]n2)c1. The number of rotatable bonds is 4. The van der Waals surface area contributed by atoms with Crippen LogP contribution in [-0.2, 0) is 0 Å². The number of nitrogens with zero attached hydrogens (tertiary/aromatic N) is 1. The molecule has 0 aromatic carbocycles. The summed E-state index contributed by atoms with van der Waals surface area (Å²) < 4.78 is 0. The average molecular weight is 301 g/mol. The molecule has 1 fully saturated rings. The molecule has 0 saturated heterocycles. The molecule has 1 saturated carbocycles. The molecule has 0 aliphatic heterocycles. The van der Waals surface area contributed by atoms with E-state index >= 15 is 0 Å². The summed E-state index contributed by atoms with van der Waals surface area (Å²) in [6.07, 6.45) is 7.51. The zero-order valence-corrected chi connectivity index (χ0v) is 12.2. The molecule has 1 aliphatic rings. The third-order valence-electron chi connectivity index (χ3n) is 4.10. The summed E-state index contributed by atoms with van der Waals surface area (Å²) in [6.45, 7) is 0. The quantitative estimate of drug-likeness (QED) is 0.693. The van der Waals surface area contributed by atoms with Crippen molar-refractivity contribution in [2.75, 3.05) is 5.32 Å². The second kappa shape index (κ2) is 6.05. The van der Waals surface area contributed by atoms with Gasteiger partial charge in [0, 0.05) is 23.9 Å². The number of H-pyrrole nitrogens is 2. The number of hydrogen-bond acceptors (Lipinski definition) is 3. The first kappa shape index (κ1) is 14.4. The van der Waals surface area contributed by atoms with Gasteiger partial charge in [-0.1, -0.05) is 19.3 Å². The number of primary amides is 1. The molecule has 2 amide bonds. The molecular formula is C15H19N5O2. The first-order chi connectivity index (χ1) is 10.6. The largest absolute Gasteiger partial charge is 0.366 e. The van der Waals surface area contributed by atoms with E-state index < -0.39 is 5.91 Å². The first-order valence-electron chi connectivity index (χ1n) is 7.48. The Hall–Kier alpha value is -2.57. The van der Waals surface area contributed by atoms with Crippen LogP contribution in [0.1, 0.15) is 64.6 Å². The van der Waals surface area contributed by atoms with E-state index in [2.05, 4.69) is 20.5 Å². The second-order valence-electron chi connectivity index (χ2n) is 5.66. The number of nitrogens with one attached hydrogen (secondary N) is 3. The van der Waals surface area contributed by atoms with Crippen LogP contribution in [0, 0.1) is 0 Å². The maximum atomic E-state index is 12.1. The summed E-state index contributed by atoms with van der Waals surface area (Å²) in [5, 5.41) is 9.85. The maximum Gasteiger partial charge on any atom is 0.273 e. The number of anilines is 1. The van der Waals surface area contributed by atoms with Gasteiger partial charge in [-0.05, 0) is 18.9 Å². The molecule has 2 aromatic rings. The standard InChI is InChI=1S/C15H19N5O2/c16-14(21)10-6-12(17-8-10)15(22)18-13-7-11(19-20-13)9-4-2-1-3-5-9/h6-9,17H,1-5H2,(H2,16,21)(H2,18,19,20,22). The number of amides is 2. The van der Waals surface area contributed by atoms with E-state index in [0.29, 0.717) is 11.7 Å². The van der Waals surface area contributed by atoms with Crippen LogP contribution in [0.15, 0.2) is 18.3 Å². The van der Waals surface area contributed by atoms with Crippen molar-refractivity contribution in [3.05, 3.63) is 35.3 Å². The van der Waals surface area contributed by atoms with Crippen LogP contribution in [0.5, 0.6) is 0 Å². The lowest BCUT2D eigenvalue weighted by molar-refractivity contribution is 0.0999. The molecule has 2 heterocycles. The van der Waals surface area contributed by atoms with Crippen molar-refractivity contribution in [3.8, 4) is 0 Å². The maximum absolute atomic E-state index is 12.1. The molecule has 0 spiro atoms. The highest BCUT2D eigenvalue weighted by atomic mass is 16.2. The van der Waals surface area contributed by atoms with E-state index in [-0.39, 0.29) is 17.2 Å². The fraction of sp³-hybridized carbons (Fsp3) is 0.400. The summed E-state index contributed by atoms with van der Waals surface area (Å²) in [7, 11) is 0. The molecular weight excluding hydrogens is 282 g/mol. The Balaban J connectivity index is 1.66. The fourth-order valence-corrected chi connectivity index (χ4v) is 2.87. The summed E-state index contributed by atoms with van der Waals surface area (Å²) in [5.74, 6) is 0.0588. The number of carbonyl (C=O) groups is 2. The van der Waals surface area contributed by atoms with Gasteiger partial charge in [0.05, 0.1) is 5.56 Å². The lowest BCUT2D eigenvalue weighted by Gasteiger charge is -2.19. The minimum atomic E-state index is -0.574. The molecule has 0 bridgehead atoms. The van der Waals surface area contributed by atoms with Crippen LogP contribution in [0.2, 0.25) is 0 Å². The van der Waals surface area contributed by atoms with Gasteiger partial charge in [0.1, 0.15) is 5.69 Å². The number of aromatic amines is 2. The zero-order chi connectivity index (χ0) is 15.5. The van der Waals surface area contributed by atoms with Crippen LogP contribution in [0.3, 0.4) is 0 Å². The summed E-state index contributed by atoms with van der Waals surface area (Å²) in [5.41, 5.74) is 6.77. The van der Waals surface area contributed by atoms with Crippen LogP contribution >= 0.6 is 0 Å². The molecule has 116 valence electrons. The van der Waals surface area contributed by atoms with E-state index in [1.54, 1.807) is 0 Å². The average Bonchev–Trinajstić information content (AvgIpc) is 3.17. The van der Waals surface area contributed by atoms with Gasteiger partial charge in [0.2, 0.25) is 5.91 Å². The lowest BCUT2D eigenvalue weighted by Crippen LogP contribution is -2.13. The molecule has 7 nitrogen and oxygen atoms in total. The minimum absolute atomic E-state index is 0.273. The molecule has 7 heteroatoms. The van der Waals surface area contributed by atoms with Crippen molar-refractivity contribution in [1.29, 1.82) is 0 Å². The van der Waals surface area contributed by atoms with Crippen LogP contribution in [-0.4, -0.2) is 27.0 Å². The van der Waals surface area contributed by atoms with Gasteiger partial charge in [0.15, 0.2) is 5.82 Å². The van der Waals surface area contributed by atoms with Crippen molar-refractivity contribution >= 4 is 17.6 Å². The van der Waals surface area contributed by atoms with E-state index in [1.165, 1.54) is 31.5 Å². The smallest absolute Gasteiger partial charge is 0.273 e. The zero-order valence-electron chi connectivity index (χ0n) is 12.2. The van der Waals surface area contributed by atoms with Gasteiger partial charge in [-0.3, -0.25) is 14.7 Å². The molecule has 0 atom stereocenters. The summed E-state index contributed by atoms with van der Waals surface area (Å²) in [6, 6.07) is 3.30. The Kier molecular flexibility index (Phi) is 3.95. The minimum Gasteiger partial charge on any atom is -0.366 e. The molecule has 2 aromatic heterocycles. The van der Waals surface area contributed by atoms with E-state index in [1.807, 2.05) is 6.07 Å². The number of hydrogen-bond donors (Lipinski definition) is 4. The Morgan fingerprint density at radius 1 is 1.23 bits per heavy atom. The van der Waals surface area contributed by atoms with Gasteiger partial charge < -0.3 is 16.0 Å². The van der Waals surface area contributed by atoms with Crippen molar-refractivity contribution in [3.63, 3.8) is 0 Å². The Bertz CT molecular complexity index is 682. The number of aromatic nitrogens is 3. The van der Waals surface area contributed by atoms with E-state index in [0.717, 1.165) is 18.5 Å². The van der Waals surface area contributed by atoms with Gasteiger partial charge in [-0.15, -0.1) is 0 Å². The topological polar surface area (TPSA) is 117 Å². The van der Waals surface area contributed by atoms with Gasteiger partial charge >= 0.3 is 0 Å². The molecule has 5 N–H and O–H groups in total. The molecule has 1 aliphatic carbocycles. The van der Waals surface area contributed by atoms with Crippen molar-refractivity contribution in [2.45, 2.75) is 38.0 Å². The monoisotopic (exact) mass is 301 g/mol. The number of nitrogens with two attached hydrogens (primary N) is 1. The van der Waals surface area contributed by atoms with Crippen molar-refractivity contribution in [2.24, 2.45) is 5.73 Å². The predicted molar refractivity (Wildman–Crippen MR) is 81.7 cm³/mol. The highest BCUT2D eigenvalue weighted by Crippen LogP contribution is 2.32.